The summed E-state index contributed by atoms with van der Waals surface area (Å²) in [6.45, 7) is 0.258. The second-order valence-corrected chi connectivity index (χ2v) is 3.76. The fourth-order valence-corrected chi connectivity index (χ4v) is 1.96. The van der Waals surface area contributed by atoms with Crippen LogP contribution in [0.3, 0.4) is 0 Å². The minimum Gasteiger partial charge on any atom is -1.00 e. The second-order valence-electron chi connectivity index (χ2n) is 3.76. The quantitative estimate of drug-likeness (QED) is 0.461. The Morgan fingerprint density at radius 1 is 1.35 bits per heavy atom. The number of nitrogens with zero attached hydrogens (tertiary/aromatic N) is 1. The molecule has 0 spiro atoms. The van der Waals surface area contributed by atoms with Gasteiger partial charge in [0.1, 0.15) is 7.05 Å². The van der Waals surface area contributed by atoms with Crippen LogP contribution in [0.1, 0.15) is 0 Å². The van der Waals surface area contributed by atoms with E-state index in [4.69, 9.17) is 14.2 Å². The summed E-state index contributed by atoms with van der Waals surface area (Å²) in [4.78, 5) is 0. The minimum absolute atomic E-state index is 0. The number of methoxy groups -OCH3 is 1. The van der Waals surface area contributed by atoms with Crippen molar-refractivity contribution in [3.05, 3.63) is 24.5 Å². The van der Waals surface area contributed by atoms with Crippen LogP contribution < -0.4 is 42.8 Å². The van der Waals surface area contributed by atoms with Gasteiger partial charge in [-0.2, -0.15) is 0 Å². The van der Waals surface area contributed by atoms with Crippen molar-refractivity contribution in [1.29, 1.82) is 0 Å². The van der Waals surface area contributed by atoms with E-state index in [1.54, 1.807) is 7.11 Å². The molecule has 3 rings (SSSR count). The van der Waals surface area contributed by atoms with E-state index in [1.165, 1.54) is 0 Å². The molecule has 0 radical (unpaired) electrons. The smallest absolute Gasteiger partial charge is 0.231 e. The molecule has 5 heteroatoms. The molecule has 0 saturated heterocycles. The Labute approximate surface area is 116 Å². The molecule has 0 amide bonds. The molecule has 1 aromatic carbocycles. The zero-order valence-corrected chi connectivity index (χ0v) is 11.7. The van der Waals surface area contributed by atoms with Gasteiger partial charge in [-0.25, -0.2) is 4.57 Å². The van der Waals surface area contributed by atoms with Crippen molar-refractivity contribution in [1.82, 2.24) is 0 Å². The predicted molar refractivity (Wildman–Crippen MR) is 57.8 cm³/mol. The summed E-state index contributed by atoms with van der Waals surface area (Å²) in [6, 6.07) is 4.00. The van der Waals surface area contributed by atoms with E-state index in [2.05, 4.69) is 0 Å². The van der Waals surface area contributed by atoms with E-state index in [9.17, 15) is 0 Å². The molecule has 0 fully saturated rings. The van der Waals surface area contributed by atoms with E-state index >= 15 is 0 Å². The highest BCUT2D eigenvalue weighted by Gasteiger charge is 2.22. The first kappa shape index (κ1) is 12.2. The Morgan fingerprint density at radius 2 is 2.18 bits per heavy atom. The van der Waals surface area contributed by atoms with Gasteiger partial charge in [-0.15, -0.1) is 0 Å². The normalized spacial score (nSPS) is 12.4. The molecule has 0 aliphatic carbocycles. The summed E-state index contributed by atoms with van der Waals surface area (Å²) < 4.78 is 18.2. The SMILES string of the molecule is COc1c2c(cc3cc[n+](C)cc13)OCO2.[I-]. The number of halogens is 1. The Hall–Kier alpha value is -1.24. The number of aryl methyl sites for hydroxylation is 1. The predicted octanol–water partition coefficient (Wildman–Crippen LogP) is -1.59. The van der Waals surface area contributed by atoms with Crippen LogP contribution in [0.25, 0.3) is 10.8 Å². The molecule has 17 heavy (non-hydrogen) atoms. The molecule has 1 aliphatic rings. The monoisotopic (exact) mass is 345 g/mol. The van der Waals surface area contributed by atoms with Gasteiger partial charge in [-0.1, -0.05) is 0 Å². The number of hydrogen-bond donors (Lipinski definition) is 0. The van der Waals surface area contributed by atoms with Crippen molar-refractivity contribution in [2.75, 3.05) is 13.9 Å². The molecule has 0 atom stereocenters. The Morgan fingerprint density at radius 3 is 2.94 bits per heavy atom. The van der Waals surface area contributed by atoms with Crippen molar-refractivity contribution in [3.63, 3.8) is 0 Å². The van der Waals surface area contributed by atoms with Gasteiger partial charge in [-0.3, -0.25) is 0 Å². The molecule has 0 saturated carbocycles. The van der Waals surface area contributed by atoms with Crippen LogP contribution in [0, 0.1) is 0 Å². The summed E-state index contributed by atoms with van der Waals surface area (Å²) in [5.41, 5.74) is 0. The van der Waals surface area contributed by atoms with Crippen LogP contribution in [-0.4, -0.2) is 13.9 Å². The average molecular weight is 345 g/mol. The van der Waals surface area contributed by atoms with E-state index in [0.29, 0.717) is 5.75 Å². The van der Waals surface area contributed by atoms with Crippen molar-refractivity contribution >= 4 is 10.8 Å². The highest BCUT2D eigenvalue weighted by atomic mass is 127. The maximum absolute atomic E-state index is 5.41. The van der Waals surface area contributed by atoms with Gasteiger partial charge in [0.05, 0.1) is 12.5 Å². The lowest BCUT2D eigenvalue weighted by atomic mass is 10.1. The largest absolute Gasteiger partial charge is 1.00 e. The lowest BCUT2D eigenvalue weighted by molar-refractivity contribution is -0.670. The zero-order chi connectivity index (χ0) is 11.1. The van der Waals surface area contributed by atoms with E-state index in [-0.39, 0.29) is 30.8 Å². The summed E-state index contributed by atoms with van der Waals surface area (Å²) in [5, 5.41) is 2.11. The zero-order valence-electron chi connectivity index (χ0n) is 9.57. The minimum atomic E-state index is 0. The third-order valence-electron chi connectivity index (χ3n) is 2.72. The maximum atomic E-state index is 5.41. The lowest BCUT2D eigenvalue weighted by Crippen LogP contribution is -3.00. The van der Waals surface area contributed by atoms with Crippen molar-refractivity contribution < 1.29 is 42.8 Å². The summed E-state index contributed by atoms with van der Waals surface area (Å²) in [5.74, 6) is 2.18. The average Bonchev–Trinajstić information content (AvgIpc) is 2.73. The molecule has 0 unspecified atom stereocenters. The molecule has 2 heterocycles. The van der Waals surface area contributed by atoms with E-state index in [0.717, 1.165) is 22.3 Å². The number of ether oxygens (including phenoxy) is 3. The number of hydrogen-bond acceptors (Lipinski definition) is 3. The number of aromatic nitrogens is 1. The van der Waals surface area contributed by atoms with Crippen LogP contribution in [-0.2, 0) is 7.05 Å². The van der Waals surface area contributed by atoms with Gasteiger partial charge in [0.25, 0.3) is 0 Å². The number of pyridine rings is 1. The number of rotatable bonds is 1. The first-order chi connectivity index (χ1) is 7.79. The first-order valence-electron chi connectivity index (χ1n) is 5.05. The summed E-state index contributed by atoms with van der Waals surface area (Å²) in [6.07, 6.45) is 4.00. The van der Waals surface area contributed by atoms with Crippen molar-refractivity contribution in [2.24, 2.45) is 7.05 Å². The standard InChI is InChI=1S/C12H12NO3.HI/c1-13-4-3-8-5-10-12(16-7-15-10)11(14-2)9(8)6-13;/h3-6H,7H2,1-2H3;1H/q+1;/p-1. The topological polar surface area (TPSA) is 31.6 Å². The first-order valence-corrected chi connectivity index (χ1v) is 5.05. The Balaban J connectivity index is 0.00000108. The molecule has 90 valence electrons. The highest BCUT2D eigenvalue weighted by Crippen LogP contribution is 2.45. The van der Waals surface area contributed by atoms with Crippen LogP contribution in [0.15, 0.2) is 24.5 Å². The van der Waals surface area contributed by atoms with Gasteiger partial charge < -0.3 is 38.2 Å². The van der Waals surface area contributed by atoms with Gasteiger partial charge in [0.15, 0.2) is 23.9 Å². The molecule has 0 bridgehead atoms. The van der Waals surface area contributed by atoms with Crippen molar-refractivity contribution in [3.8, 4) is 17.2 Å². The molecule has 0 N–H and O–H groups in total. The third kappa shape index (κ3) is 1.88. The number of benzene rings is 1. The Kier molecular flexibility index (Phi) is 3.28. The van der Waals surface area contributed by atoms with Crippen LogP contribution in [0.4, 0.5) is 0 Å². The maximum Gasteiger partial charge on any atom is 0.231 e. The number of fused-ring (bicyclic) bond motifs is 2. The van der Waals surface area contributed by atoms with Crippen LogP contribution in [0.5, 0.6) is 17.2 Å². The van der Waals surface area contributed by atoms with E-state index in [1.807, 2.05) is 36.1 Å². The van der Waals surface area contributed by atoms with Crippen LogP contribution >= 0.6 is 0 Å². The molecular formula is C12H12INO3. The van der Waals surface area contributed by atoms with Crippen molar-refractivity contribution in [2.45, 2.75) is 0 Å². The fraction of sp³-hybridized carbons (Fsp3) is 0.250. The highest BCUT2D eigenvalue weighted by molar-refractivity contribution is 5.92. The van der Waals surface area contributed by atoms with Gasteiger partial charge in [-0.05, 0) is 6.07 Å². The van der Waals surface area contributed by atoms with Gasteiger partial charge in [0, 0.05) is 11.5 Å². The van der Waals surface area contributed by atoms with Crippen LogP contribution in [0.2, 0.25) is 0 Å². The van der Waals surface area contributed by atoms with Gasteiger partial charge in [0.2, 0.25) is 12.5 Å². The third-order valence-corrected chi connectivity index (χ3v) is 2.72. The lowest BCUT2D eigenvalue weighted by Gasteiger charge is -2.07. The molecule has 1 aromatic heterocycles. The summed E-state index contributed by atoms with van der Waals surface area (Å²) >= 11 is 0. The molecule has 1 aliphatic heterocycles. The van der Waals surface area contributed by atoms with E-state index < -0.39 is 0 Å². The molecule has 4 nitrogen and oxygen atoms in total. The second kappa shape index (κ2) is 4.56. The Bertz CT molecular complexity index is 571. The molecule has 2 aromatic rings. The summed E-state index contributed by atoms with van der Waals surface area (Å²) in [7, 11) is 3.62. The fourth-order valence-electron chi connectivity index (χ4n) is 1.96. The molecular weight excluding hydrogens is 333 g/mol. The van der Waals surface area contributed by atoms with Gasteiger partial charge >= 0.3 is 0 Å².